The lowest BCUT2D eigenvalue weighted by Crippen LogP contribution is -2.46. The lowest BCUT2D eigenvalue weighted by molar-refractivity contribution is 0.244. The van der Waals surface area contributed by atoms with Crippen molar-refractivity contribution in [1.82, 2.24) is 0 Å². The Bertz CT molecular complexity index is 439. The van der Waals surface area contributed by atoms with E-state index in [4.69, 9.17) is 5.73 Å². The molecule has 19 heavy (non-hydrogen) atoms. The Morgan fingerprint density at radius 3 is 2.74 bits per heavy atom. The molecule has 0 aromatic heterocycles. The molecule has 1 aliphatic heterocycles. The number of anilines is 1. The van der Waals surface area contributed by atoms with E-state index < -0.39 is 0 Å². The third kappa shape index (κ3) is 2.51. The second-order valence-electron chi connectivity index (χ2n) is 6.26. The van der Waals surface area contributed by atoms with Crippen molar-refractivity contribution in [1.29, 1.82) is 0 Å². The van der Waals surface area contributed by atoms with Gasteiger partial charge in [-0.15, -0.1) is 0 Å². The van der Waals surface area contributed by atoms with Gasteiger partial charge in [0.25, 0.3) is 0 Å². The zero-order valence-electron chi connectivity index (χ0n) is 12.1. The van der Waals surface area contributed by atoms with Crippen LogP contribution in [0.15, 0.2) is 18.2 Å². The molecule has 1 aliphatic carbocycles. The predicted octanol–water partition coefficient (Wildman–Crippen LogP) is 3.61. The fraction of sp³-hybridized carbons (Fsp3) is 0.647. The monoisotopic (exact) mass is 258 g/mol. The lowest BCUT2D eigenvalue weighted by Gasteiger charge is -2.45. The molecule has 0 amide bonds. The van der Waals surface area contributed by atoms with E-state index in [1.54, 1.807) is 0 Å². The molecule has 2 N–H and O–H groups in total. The minimum Gasteiger partial charge on any atom is -0.368 e. The fourth-order valence-corrected chi connectivity index (χ4v) is 4.03. The fourth-order valence-electron chi connectivity index (χ4n) is 4.03. The van der Waals surface area contributed by atoms with Crippen LogP contribution in [0.3, 0.4) is 0 Å². The Kier molecular flexibility index (Phi) is 3.79. The second-order valence-corrected chi connectivity index (χ2v) is 6.26. The van der Waals surface area contributed by atoms with Crippen molar-refractivity contribution in [3.8, 4) is 0 Å². The molecule has 2 nitrogen and oxygen atoms in total. The first-order chi connectivity index (χ1) is 9.29. The third-order valence-electron chi connectivity index (χ3n) is 5.12. The summed E-state index contributed by atoms with van der Waals surface area (Å²) in [6.45, 7) is 4.08. The van der Waals surface area contributed by atoms with Gasteiger partial charge in [-0.3, -0.25) is 0 Å². The average molecular weight is 258 g/mol. The summed E-state index contributed by atoms with van der Waals surface area (Å²) in [4.78, 5) is 2.68. The maximum atomic E-state index is 5.77. The van der Waals surface area contributed by atoms with Gasteiger partial charge in [0.2, 0.25) is 0 Å². The van der Waals surface area contributed by atoms with Crippen molar-refractivity contribution in [2.45, 2.75) is 58.0 Å². The van der Waals surface area contributed by atoms with Crippen LogP contribution in [0.1, 0.15) is 49.7 Å². The second kappa shape index (κ2) is 5.54. The maximum Gasteiger partial charge on any atom is 0.0371 e. The van der Waals surface area contributed by atoms with Gasteiger partial charge in [0.15, 0.2) is 0 Å². The van der Waals surface area contributed by atoms with Crippen LogP contribution in [-0.2, 0) is 6.54 Å². The molecule has 1 saturated carbocycles. The van der Waals surface area contributed by atoms with Crippen molar-refractivity contribution in [2.24, 2.45) is 11.7 Å². The molecule has 2 atom stereocenters. The van der Waals surface area contributed by atoms with Crippen LogP contribution in [0.25, 0.3) is 0 Å². The van der Waals surface area contributed by atoms with Crippen molar-refractivity contribution < 1.29 is 0 Å². The summed E-state index contributed by atoms with van der Waals surface area (Å²) in [6, 6.07) is 7.65. The van der Waals surface area contributed by atoms with Gasteiger partial charge in [-0.1, -0.05) is 18.9 Å². The maximum absolute atomic E-state index is 5.77. The number of benzene rings is 1. The van der Waals surface area contributed by atoms with Crippen LogP contribution >= 0.6 is 0 Å². The Morgan fingerprint density at radius 1 is 1.16 bits per heavy atom. The van der Waals surface area contributed by atoms with Crippen molar-refractivity contribution >= 4 is 5.69 Å². The van der Waals surface area contributed by atoms with E-state index in [9.17, 15) is 0 Å². The van der Waals surface area contributed by atoms with Gasteiger partial charge in [0.1, 0.15) is 0 Å². The van der Waals surface area contributed by atoms with Crippen molar-refractivity contribution in [2.75, 3.05) is 11.4 Å². The molecular weight excluding hydrogens is 232 g/mol. The molecule has 1 saturated heterocycles. The van der Waals surface area contributed by atoms with Crippen LogP contribution in [-0.4, -0.2) is 12.6 Å². The summed E-state index contributed by atoms with van der Waals surface area (Å²) in [5, 5.41) is 0. The number of piperidine rings is 1. The number of rotatable bonds is 2. The minimum atomic E-state index is 0.651. The largest absolute Gasteiger partial charge is 0.368 e. The molecule has 0 unspecified atom stereocenters. The van der Waals surface area contributed by atoms with E-state index in [1.165, 1.54) is 61.9 Å². The summed E-state index contributed by atoms with van der Waals surface area (Å²) in [7, 11) is 0. The third-order valence-corrected chi connectivity index (χ3v) is 5.12. The van der Waals surface area contributed by atoms with Gasteiger partial charge in [-0.25, -0.2) is 0 Å². The topological polar surface area (TPSA) is 29.3 Å². The van der Waals surface area contributed by atoms with Crippen LogP contribution in [0.2, 0.25) is 0 Å². The Balaban J connectivity index is 1.85. The number of fused-ring (bicyclic) bond motifs is 1. The van der Waals surface area contributed by atoms with Crippen molar-refractivity contribution in [3.05, 3.63) is 29.3 Å². The summed E-state index contributed by atoms with van der Waals surface area (Å²) in [6.07, 6.45) is 8.50. The standard InChI is InChI=1S/C17H26N2/c1-13-11-16(9-8-15(13)12-18)19-10-4-6-14-5-2-3-7-17(14)19/h8-9,11,14,17H,2-7,10,12,18H2,1H3/t14-,17-/m1/s1. The van der Waals surface area contributed by atoms with Gasteiger partial charge in [0, 0.05) is 24.8 Å². The van der Waals surface area contributed by atoms with E-state index in [0.29, 0.717) is 6.54 Å². The number of nitrogens with zero attached hydrogens (tertiary/aromatic N) is 1. The molecular formula is C17H26N2. The van der Waals surface area contributed by atoms with Gasteiger partial charge >= 0.3 is 0 Å². The first-order valence-electron chi connectivity index (χ1n) is 7.86. The summed E-state index contributed by atoms with van der Waals surface area (Å²) in [5.41, 5.74) is 9.82. The zero-order chi connectivity index (χ0) is 13.2. The highest BCUT2D eigenvalue weighted by molar-refractivity contribution is 5.52. The SMILES string of the molecule is Cc1cc(N2CCC[C@H]3CCCC[C@H]32)ccc1CN. The first-order valence-corrected chi connectivity index (χ1v) is 7.86. The Labute approximate surface area is 117 Å². The molecule has 104 valence electrons. The van der Waals surface area contributed by atoms with Crippen LogP contribution in [0.5, 0.6) is 0 Å². The van der Waals surface area contributed by atoms with Gasteiger partial charge < -0.3 is 10.6 Å². The number of hydrogen-bond donors (Lipinski definition) is 1. The summed E-state index contributed by atoms with van der Waals surface area (Å²) >= 11 is 0. The highest BCUT2D eigenvalue weighted by Gasteiger charge is 2.33. The predicted molar refractivity (Wildman–Crippen MR) is 81.4 cm³/mol. The van der Waals surface area contributed by atoms with Crippen LogP contribution in [0.4, 0.5) is 5.69 Å². The van der Waals surface area contributed by atoms with E-state index in [2.05, 4.69) is 30.0 Å². The molecule has 0 radical (unpaired) electrons. The highest BCUT2D eigenvalue weighted by atomic mass is 15.2. The molecule has 2 fully saturated rings. The van der Waals surface area contributed by atoms with E-state index in [0.717, 1.165) is 12.0 Å². The molecule has 1 aromatic carbocycles. The number of aryl methyl sites for hydroxylation is 1. The Morgan fingerprint density at radius 2 is 1.95 bits per heavy atom. The highest BCUT2D eigenvalue weighted by Crippen LogP contribution is 2.38. The smallest absolute Gasteiger partial charge is 0.0371 e. The van der Waals surface area contributed by atoms with Gasteiger partial charge in [-0.2, -0.15) is 0 Å². The van der Waals surface area contributed by atoms with E-state index >= 15 is 0 Å². The van der Waals surface area contributed by atoms with Crippen LogP contribution < -0.4 is 10.6 Å². The minimum absolute atomic E-state index is 0.651. The summed E-state index contributed by atoms with van der Waals surface area (Å²) in [5.74, 6) is 0.942. The zero-order valence-corrected chi connectivity index (χ0v) is 12.1. The van der Waals surface area contributed by atoms with Gasteiger partial charge in [0.05, 0.1) is 0 Å². The Hall–Kier alpha value is -1.02. The average Bonchev–Trinajstić information content (AvgIpc) is 2.46. The molecule has 1 heterocycles. The lowest BCUT2D eigenvalue weighted by atomic mass is 9.78. The molecule has 0 spiro atoms. The summed E-state index contributed by atoms with van der Waals surface area (Å²) < 4.78 is 0. The molecule has 2 aliphatic rings. The first kappa shape index (κ1) is 13.0. The molecule has 3 rings (SSSR count). The van der Waals surface area contributed by atoms with Crippen molar-refractivity contribution in [3.63, 3.8) is 0 Å². The van der Waals surface area contributed by atoms with Crippen LogP contribution in [0, 0.1) is 12.8 Å². The molecule has 0 bridgehead atoms. The van der Waals surface area contributed by atoms with E-state index in [-0.39, 0.29) is 0 Å². The quantitative estimate of drug-likeness (QED) is 0.878. The number of hydrogen-bond acceptors (Lipinski definition) is 2. The van der Waals surface area contributed by atoms with E-state index in [1.807, 2.05) is 0 Å². The molecule has 1 aromatic rings. The normalized spacial score (nSPS) is 27.2. The molecule has 2 heteroatoms. The number of nitrogens with two attached hydrogens (primary N) is 1. The van der Waals surface area contributed by atoms with Gasteiger partial charge in [-0.05, 0) is 61.8 Å².